The molecule has 3 aromatic heterocycles. The largest absolute Gasteiger partial charge is 0.467 e. The summed E-state index contributed by atoms with van der Waals surface area (Å²) >= 11 is 5.65. The van der Waals surface area contributed by atoms with E-state index in [4.69, 9.17) is 16.6 Å². The van der Waals surface area contributed by atoms with E-state index in [-0.39, 0.29) is 12.1 Å². The van der Waals surface area contributed by atoms with Gasteiger partial charge in [-0.1, -0.05) is 13.0 Å². The lowest BCUT2D eigenvalue weighted by Gasteiger charge is -2.28. The third-order valence-corrected chi connectivity index (χ3v) is 5.09. The van der Waals surface area contributed by atoms with Crippen molar-refractivity contribution < 1.29 is 4.42 Å². The molecule has 1 fully saturated rings. The highest BCUT2D eigenvalue weighted by Gasteiger charge is 2.40. The zero-order valence-electron chi connectivity index (χ0n) is 14.7. The SMILES string of the molecule is CCCN1C(=S)N[C@H](c2ccccn2)[C@H]1c1cccn1Cc1ccco1. The zero-order valence-corrected chi connectivity index (χ0v) is 15.5. The molecular formula is C20H22N4OS. The summed E-state index contributed by atoms with van der Waals surface area (Å²) in [6.45, 7) is 3.79. The van der Waals surface area contributed by atoms with Crippen LogP contribution in [0, 0.1) is 0 Å². The molecule has 0 unspecified atom stereocenters. The number of thiocarbonyl (C=S) groups is 1. The fourth-order valence-corrected chi connectivity index (χ4v) is 3.95. The van der Waals surface area contributed by atoms with Gasteiger partial charge in [0.1, 0.15) is 5.76 Å². The van der Waals surface area contributed by atoms with Crippen LogP contribution in [0.15, 0.2) is 65.5 Å². The van der Waals surface area contributed by atoms with E-state index < -0.39 is 0 Å². The van der Waals surface area contributed by atoms with Gasteiger partial charge in [-0.3, -0.25) is 4.98 Å². The molecule has 0 aromatic carbocycles. The smallest absolute Gasteiger partial charge is 0.170 e. The quantitative estimate of drug-likeness (QED) is 0.670. The van der Waals surface area contributed by atoms with Crippen LogP contribution in [0.5, 0.6) is 0 Å². The highest BCUT2D eigenvalue weighted by molar-refractivity contribution is 7.80. The van der Waals surface area contributed by atoms with Crippen molar-refractivity contribution in [3.63, 3.8) is 0 Å². The van der Waals surface area contributed by atoms with Crippen LogP contribution >= 0.6 is 12.2 Å². The molecule has 6 heteroatoms. The van der Waals surface area contributed by atoms with Crippen molar-refractivity contribution in [1.29, 1.82) is 0 Å². The summed E-state index contributed by atoms with van der Waals surface area (Å²) in [5.74, 6) is 0.937. The van der Waals surface area contributed by atoms with E-state index in [1.807, 2.05) is 30.5 Å². The van der Waals surface area contributed by atoms with Crippen LogP contribution in [0.2, 0.25) is 0 Å². The van der Waals surface area contributed by atoms with Gasteiger partial charge in [-0.15, -0.1) is 0 Å². The third-order valence-electron chi connectivity index (χ3n) is 4.74. The molecule has 2 atom stereocenters. The predicted octanol–water partition coefficient (Wildman–Crippen LogP) is 3.91. The second kappa shape index (κ2) is 7.33. The maximum atomic E-state index is 5.65. The van der Waals surface area contributed by atoms with Crippen LogP contribution in [-0.2, 0) is 6.54 Å². The number of rotatable bonds is 6. The van der Waals surface area contributed by atoms with Gasteiger partial charge in [-0.05, 0) is 55.0 Å². The Morgan fingerprint density at radius 3 is 2.85 bits per heavy atom. The maximum Gasteiger partial charge on any atom is 0.170 e. The molecule has 0 radical (unpaired) electrons. The summed E-state index contributed by atoms with van der Waals surface area (Å²) in [4.78, 5) is 6.86. The first-order chi connectivity index (χ1) is 12.8. The van der Waals surface area contributed by atoms with Gasteiger partial charge < -0.3 is 19.2 Å². The van der Waals surface area contributed by atoms with E-state index in [0.29, 0.717) is 6.54 Å². The maximum absolute atomic E-state index is 5.65. The molecule has 1 saturated heterocycles. The molecule has 1 N–H and O–H groups in total. The molecule has 0 spiro atoms. The van der Waals surface area contributed by atoms with Crippen molar-refractivity contribution in [2.24, 2.45) is 0 Å². The van der Waals surface area contributed by atoms with Gasteiger partial charge in [-0.25, -0.2) is 0 Å². The van der Waals surface area contributed by atoms with Gasteiger partial charge >= 0.3 is 0 Å². The zero-order chi connectivity index (χ0) is 17.9. The number of aromatic nitrogens is 2. The van der Waals surface area contributed by atoms with Gasteiger partial charge in [0.25, 0.3) is 0 Å². The second-order valence-electron chi connectivity index (χ2n) is 6.46. The second-order valence-corrected chi connectivity index (χ2v) is 6.85. The molecule has 5 nitrogen and oxygen atoms in total. The van der Waals surface area contributed by atoms with Gasteiger partial charge in [-0.2, -0.15) is 0 Å². The molecular weight excluding hydrogens is 344 g/mol. The van der Waals surface area contributed by atoms with Crippen molar-refractivity contribution in [1.82, 2.24) is 19.8 Å². The first-order valence-corrected chi connectivity index (χ1v) is 9.34. The number of hydrogen-bond acceptors (Lipinski definition) is 3. The molecule has 0 bridgehead atoms. The van der Waals surface area contributed by atoms with Crippen LogP contribution in [0.25, 0.3) is 0 Å². The van der Waals surface area contributed by atoms with Crippen molar-refractivity contribution >= 4 is 17.3 Å². The van der Waals surface area contributed by atoms with Gasteiger partial charge in [0, 0.05) is 24.6 Å². The molecule has 0 aliphatic carbocycles. The van der Waals surface area contributed by atoms with Gasteiger partial charge in [0.2, 0.25) is 0 Å². The number of nitrogens with one attached hydrogen (secondary N) is 1. The van der Waals surface area contributed by atoms with Crippen molar-refractivity contribution in [2.45, 2.75) is 32.0 Å². The highest BCUT2D eigenvalue weighted by Crippen LogP contribution is 2.38. The number of furan rings is 1. The summed E-state index contributed by atoms with van der Waals surface area (Å²) in [6, 6.07) is 14.3. The standard InChI is InChI=1S/C20H22N4OS/c1-2-11-24-19(18(22-20(24)26)16-8-3-4-10-21-16)17-9-5-12-23(17)14-15-7-6-13-25-15/h3-10,12-13,18-19H,2,11,14H2,1H3,(H,22,26)/t18-,19-/m1/s1. The lowest BCUT2D eigenvalue weighted by molar-refractivity contribution is 0.303. The Hall–Kier alpha value is -2.60. The highest BCUT2D eigenvalue weighted by atomic mass is 32.1. The minimum absolute atomic E-state index is 0.0282. The normalized spacial score (nSPS) is 19.7. The molecule has 4 rings (SSSR count). The average Bonchev–Trinajstić information content (AvgIpc) is 3.39. The minimum Gasteiger partial charge on any atom is -0.467 e. The Balaban J connectivity index is 1.73. The Labute approximate surface area is 158 Å². The Morgan fingerprint density at radius 1 is 1.19 bits per heavy atom. The number of hydrogen-bond donors (Lipinski definition) is 1. The third kappa shape index (κ3) is 3.12. The van der Waals surface area contributed by atoms with Gasteiger partial charge in [0.05, 0.1) is 30.6 Å². The molecule has 0 amide bonds. The van der Waals surface area contributed by atoms with E-state index >= 15 is 0 Å². The van der Waals surface area contributed by atoms with E-state index in [0.717, 1.165) is 29.5 Å². The van der Waals surface area contributed by atoms with Crippen LogP contribution in [0.4, 0.5) is 0 Å². The summed E-state index contributed by atoms with van der Waals surface area (Å²) in [6.07, 6.45) is 6.68. The predicted molar refractivity (Wildman–Crippen MR) is 105 cm³/mol. The van der Waals surface area contributed by atoms with E-state index in [1.165, 1.54) is 5.69 Å². The number of pyridine rings is 1. The van der Waals surface area contributed by atoms with Crippen LogP contribution in [0.3, 0.4) is 0 Å². The van der Waals surface area contributed by atoms with Crippen LogP contribution in [0.1, 0.15) is 42.6 Å². The van der Waals surface area contributed by atoms with Crippen LogP contribution < -0.4 is 5.32 Å². The topological polar surface area (TPSA) is 46.2 Å². The van der Waals surface area contributed by atoms with Gasteiger partial charge in [0.15, 0.2) is 5.11 Å². The molecule has 1 aliphatic rings. The van der Waals surface area contributed by atoms with Crippen molar-refractivity contribution in [3.8, 4) is 0 Å². The average molecular weight is 366 g/mol. The van der Waals surface area contributed by atoms with Crippen molar-refractivity contribution in [2.75, 3.05) is 6.54 Å². The first kappa shape index (κ1) is 16.8. The molecule has 4 heterocycles. The summed E-state index contributed by atoms with van der Waals surface area (Å²) in [7, 11) is 0. The lowest BCUT2D eigenvalue weighted by Crippen LogP contribution is -2.31. The molecule has 26 heavy (non-hydrogen) atoms. The van der Waals surface area contributed by atoms with Crippen LogP contribution in [-0.4, -0.2) is 26.1 Å². The number of nitrogens with zero attached hydrogens (tertiary/aromatic N) is 3. The molecule has 1 aliphatic heterocycles. The van der Waals surface area contributed by atoms with Crippen molar-refractivity contribution in [3.05, 3.63) is 78.3 Å². The fourth-order valence-electron chi connectivity index (χ4n) is 3.62. The molecule has 3 aromatic rings. The van der Waals surface area contributed by atoms with E-state index in [1.54, 1.807) is 6.26 Å². The molecule has 0 saturated carbocycles. The monoisotopic (exact) mass is 366 g/mol. The van der Waals surface area contributed by atoms with E-state index in [9.17, 15) is 0 Å². The lowest BCUT2D eigenvalue weighted by atomic mass is 10.0. The Bertz CT molecular complexity index is 859. The summed E-state index contributed by atoms with van der Waals surface area (Å²) in [5, 5.41) is 4.28. The Kier molecular flexibility index (Phi) is 4.75. The minimum atomic E-state index is 0.0282. The molecule has 134 valence electrons. The van der Waals surface area contributed by atoms with E-state index in [2.05, 4.69) is 51.1 Å². The fraction of sp³-hybridized carbons (Fsp3) is 0.300. The Morgan fingerprint density at radius 2 is 2.12 bits per heavy atom. The summed E-state index contributed by atoms with van der Waals surface area (Å²) < 4.78 is 7.78. The first-order valence-electron chi connectivity index (χ1n) is 8.93. The summed E-state index contributed by atoms with van der Waals surface area (Å²) in [5.41, 5.74) is 2.21.